The highest BCUT2D eigenvalue weighted by atomic mass is 15.0. The van der Waals surface area contributed by atoms with Crippen LogP contribution >= 0.6 is 0 Å². The Labute approximate surface area is 138 Å². The molecule has 0 saturated carbocycles. The van der Waals surface area contributed by atoms with Crippen molar-refractivity contribution in [3.05, 3.63) is 72.1 Å². The molecule has 0 N–H and O–H groups in total. The summed E-state index contributed by atoms with van der Waals surface area (Å²) in [4.78, 5) is 0. The SMILES string of the molecule is [2H]C([2H])([2H])C([2H])(C)c1ccccc1-n1ccc(C)c1-c1cccc[n+]1C. The molecule has 0 bridgehead atoms. The molecule has 3 rings (SSSR count). The van der Waals surface area contributed by atoms with Crippen LogP contribution in [-0.2, 0) is 7.05 Å². The van der Waals surface area contributed by atoms with E-state index in [9.17, 15) is 0 Å². The van der Waals surface area contributed by atoms with Gasteiger partial charge in [-0.3, -0.25) is 0 Å². The minimum absolute atomic E-state index is 0.482. The van der Waals surface area contributed by atoms with Crippen LogP contribution in [0.3, 0.4) is 0 Å². The van der Waals surface area contributed by atoms with E-state index in [0.29, 0.717) is 11.3 Å². The first kappa shape index (κ1) is 10.4. The lowest BCUT2D eigenvalue weighted by Gasteiger charge is -2.16. The van der Waals surface area contributed by atoms with E-state index in [-0.39, 0.29) is 0 Å². The minimum Gasteiger partial charge on any atom is -0.311 e. The fourth-order valence-corrected chi connectivity index (χ4v) is 2.83. The van der Waals surface area contributed by atoms with Gasteiger partial charge in [-0.15, -0.1) is 0 Å². The van der Waals surface area contributed by atoms with E-state index in [2.05, 4.69) is 0 Å². The Kier molecular flexibility index (Phi) is 2.74. The van der Waals surface area contributed by atoms with Gasteiger partial charge < -0.3 is 4.57 Å². The molecule has 2 aromatic heterocycles. The smallest absolute Gasteiger partial charge is 0.229 e. The first-order valence-electron chi connectivity index (χ1n) is 9.37. The van der Waals surface area contributed by atoms with Crippen LogP contribution in [0.15, 0.2) is 60.9 Å². The Bertz CT molecular complexity index is 939. The highest BCUT2D eigenvalue weighted by Gasteiger charge is 2.19. The highest BCUT2D eigenvalue weighted by Crippen LogP contribution is 2.29. The normalized spacial score (nSPS) is 17.0. The summed E-state index contributed by atoms with van der Waals surface area (Å²) in [5, 5.41) is 0. The predicted molar refractivity (Wildman–Crippen MR) is 91.2 cm³/mol. The largest absolute Gasteiger partial charge is 0.311 e. The number of hydrogen-bond donors (Lipinski definition) is 0. The molecule has 0 radical (unpaired) electrons. The van der Waals surface area contributed by atoms with Gasteiger partial charge >= 0.3 is 0 Å². The number of hydrogen-bond acceptors (Lipinski definition) is 0. The van der Waals surface area contributed by atoms with Crippen molar-refractivity contribution in [1.82, 2.24) is 4.57 Å². The number of para-hydroxylation sites is 1. The molecule has 0 fully saturated rings. The number of pyridine rings is 1. The lowest BCUT2D eigenvalue weighted by atomic mass is 10.0. The highest BCUT2D eigenvalue weighted by molar-refractivity contribution is 5.62. The molecule has 0 saturated heterocycles. The Morgan fingerprint density at radius 2 is 1.91 bits per heavy atom. The van der Waals surface area contributed by atoms with Crippen LogP contribution in [0, 0.1) is 6.92 Å². The summed E-state index contributed by atoms with van der Waals surface area (Å²) in [6.45, 7) is 1.06. The van der Waals surface area contributed by atoms with Crippen LogP contribution in [0.5, 0.6) is 0 Å². The van der Waals surface area contributed by atoms with Crippen molar-refractivity contribution in [2.24, 2.45) is 7.05 Å². The molecular weight excluding hydrogens is 268 g/mol. The molecule has 2 nitrogen and oxygen atoms in total. The molecule has 2 heterocycles. The minimum atomic E-state index is -2.43. The monoisotopic (exact) mass is 295 g/mol. The number of rotatable bonds is 3. The van der Waals surface area contributed by atoms with Crippen LogP contribution in [0.25, 0.3) is 17.1 Å². The third-order valence-electron chi connectivity index (χ3n) is 3.95. The Morgan fingerprint density at radius 3 is 2.68 bits per heavy atom. The van der Waals surface area contributed by atoms with Crippen molar-refractivity contribution in [3.8, 4) is 17.1 Å². The van der Waals surface area contributed by atoms with Gasteiger partial charge in [-0.05, 0) is 42.1 Å². The molecule has 0 spiro atoms. The predicted octanol–water partition coefficient (Wildman–Crippen LogP) is 4.40. The maximum absolute atomic E-state index is 8.55. The summed E-state index contributed by atoms with van der Waals surface area (Å²) in [5.74, 6) is -1.71. The molecule has 112 valence electrons. The molecule has 0 amide bonds. The zero-order valence-electron chi connectivity index (χ0n) is 17.2. The van der Waals surface area contributed by atoms with Gasteiger partial charge in [0.1, 0.15) is 12.7 Å². The number of aryl methyl sites for hydroxylation is 2. The topological polar surface area (TPSA) is 8.81 Å². The van der Waals surface area contributed by atoms with Crippen molar-refractivity contribution >= 4 is 0 Å². The maximum atomic E-state index is 8.55. The molecule has 1 atom stereocenters. The molecule has 0 aliphatic rings. The van der Waals surface area contributed by atoms with Crippen LogP contribution < -0.4 is 4.57 Å². The average Bonchev–Trinajstić information content (AvgIpc) is 2.95. The first-order valence-corrected chi connectivity index (χ1v) is 7.37. The lowest BCUT2D eigenvalue weighted by molar-refractivity contribution is -0.660. The van der Waals surface area contributed by atoms with E-state index in [0.717, 1.165) is 17.0 Å². The van der Waals surface area contributed by atoms with Gasteiger partial charge in [0.15, 0.2) is 6.20 Å². The van der Waals surface area contributed by atoms with Gasteiger partial charge in [0.2, 0.25) is 5.69 Å². The molecule has 1 unspecified atom stereocenters. The number of benzene rings is 1. The van der Waals surface area contributed by atoms with E-state index in [1.807, 2.05) is 71.9 Å². The second-order valence-electron chi connectivity index (χ2n) is 5.56. The average molecular weight is 295 g/mol. The van der Waals surface area contributed by atoms with Crippen LogP contribution in [0.2, 0.25) is 0 Å². The second-order valence-corrected chi connectivity index (χ2v) is 5.56. The van der Waals surface area contributed by atoms with E-state index < -0.39 is 12.7 Å². The van der Waals surface area contributed by atoms with Crippen LogP contribution in [-0.4, -0.2) is 4.57 Å². The lowest BCUT2D eigenvalue weighted by Crippen LogP contribution is -2.30. The summed E-state index contributed by atoms with van der Waals surface area (Å²) >= 11 is 0. The van der Waals surface area contributed by atoms with Crippen LogP contribution in [0.4, 0.5) is 0 Å². The zero-order valence-corrected chi connectivity index (χ0v) is 13.2. The zero-order chi connectivity index (χ0) is 19.1. The Hall–Kier alpha value is -2.35. The third kappa shape index (κ3) is 2.45. The summed E-state index contributed by atoms with van der Waals surface area (Å²) in [6.07, 6.45) is 3.92. The van der Waals surface area contributed by atoms with Gasteiger partial charge in [-0.2, -0.15) is 4.57 Å². The fourth-order valence-electron chi connectivity index (χ4n) is 2.83. The second kappa shape index (κ2) is 5.80. The molecule has 3 aromatic rings. The Balaban J connectivity index is 2.28. The third-order valence-corrected chi connectivity index (χ3v) is 3.95. The van der Waals surface area contributed by atoms with Crippen molar-refractivity contribution < 1.29 is 10.1 Å². The van der Waals surface area contributed by atoms with Crippen molar-refractivity contribution in [2.75, 3.05) is 0 Å². The standard InChI is InChI=1S/C20H23N2/c1-15(2)17-9-5-6-10-18(17)22-14-12-16(3)20(22)19-11-7-8-13-21(19)4/h5-15H,1-4H3/q+1/i1D3,15D. The number of nitrogens with zero attached hydrogens (tertiary/aromatic N) is 2. The number of aromatic nitrogens is 2. The molecule has 0 aliphatic carbocycles. The first-order chi connectivity index (χ1) is 12.1. The van der Waals surface area contributed by atoms with E-state index in [1.165, 1.54) is 6.92 Å². The molecular formula is C20H23N2+. The van der Waals surface area contributed by atoms with Crippen molar-refractivity contribution in [3.63, 3.8) is 0 Å². The maximum Gasteiger partial charge on any atom is 0.229 e. The molecule has 22 heavy (non-hydrogen) atoms. The summed E-state index contributed by atoms with van der Waals surface area (Å²) in [7, 11) is 1.98. The van der Waals surface area contributed by atoms with Crippen molar-refractivity contribution in [1.29, 1.82) is 0 Å². The van der Waals surface area contributed by atoms with Crippen LogP contribution in [0.1, 0.15) is 36.3 Å². The van der Waals surface area contributed by atoms with Gasteiger partial charge in [-0.25, -0.2) is 0 Å². The summed E-state index contributed by atoms with van der Waals surface area (Å²) in [5.41, 5.74) is 4.29. The molecule has 2 heteroatoms. The van der Waals surface area contributed by atoms with E-state index in [4.69, 9.17) is 5.48 Å². The van der Waals surface area contributed by atoms with Crippen molar-refractivity contribution in [2.45, 2.75) is 26.6 Å². The van der Waals surface area contributed by atoms with Gasteiger partial charge in [-0.1, -0.05) is 32.0 Å². The summed E-state index contributed by atoms with van der Waals surface area (Å²) in [6, 6.07) is 15.3. The van der Waals surface area contributed by atoms with Gasteiger partial charge in [0, 0.05) is 29.5 Å². The Morgan fingerprint density at radius 1 is 1.14 bits per heavy atom. The van der Waals surface area contributed by atoms with Gasteiger partial charge in [0.05, 0.1) is 0 Å². The quantitative estimate of drug-likeness (QED) is 0.633. The van der Waals surface area contributed by atoms with E-state index >= 15 is 0 Å². The van der Waals surface area contributed by atoms with E-state index in [1.54, 1.807) is 12.1 Å². The molecule has 0 aliphatic heterocycles. The van der Waals surface area contributed by atoms with Gasteiger partial charge in [0.25, 0.3) is 0 Å². The fraction of sp³-hybridized carbons (Fsp3) is 0.250. The summed E-state index contributed by atoms with van der Waals surface area (Å²) < 4.78 is 36.0. The molecule has 1 aromatic carbocycles.